The van der Waals surface area contributed by atoms with Crippen LogP contribution in [0, 0.1) is 0 Å². The Morgan fingerprint density at radius 3 is 3.18 bits per heavy atom. The van der Waals surface area contributed by atoms with Crippen molar-refractivity contribution in [2.24, 2.45) is 0 Å². The van der Waals surface area contributed by atoms with Gasteiger partial charge in [0.25, 0.3) is 0 Å². The van der Waals surface area contributed by atoms with Crippen molar-refractivity contribution in [3.05, 3.63) is 18.0 Å². The Morgan fingerprint density at radius 1 is 1.82 bits per heavy atom. The van der Waals surface area contributed by atoms with E-state index in [1.165, 1.54) is 0 Å². The van der Waals surface area contributed by atoms with Gasteiger partial charge in [-0.3, -0.25) is 5.10 Å². The van der Waals surface area contributed by atoms with Crippen molar-refractivity contribution in [3.8, 4) is 0 Å². The van der Waals surface area contributed by atoms with Crippen LogP contribution >= 0.6 is 12.2 Å². The molecule has 0 aliphatic rings. The van der Waals surface area contributed by atoms with Crippen LogP contribution in [0.15, 0.2) is 12.3 Å². The van der Waals surface area contributed by atoms with E-state index in [4.69, 9.17) is 12.2 Å². The van der Waals surface area contributed by atoms with Gasteiger partial charge in [-0.05, 0) is 18.3 Å². The van der Waals surface area contributed by atoms with Crippen molar-refractivity contribution >= 4 is 17.3 Å². The van der Waals surface area contributed by atoms with Crippen molar-refractivity contribution in [1.82, 2.24) is 20.8 Å². The molecule has 0 aliphatic heterocycles. The predicted molar refractivity (Wildman–Crippen MR) is 47.1 cm³/mol. The fourth-order valence-corrected chi connectivity index (χ4v) is 0.719. The lowest BCUT2D eigenvalue weighted by Gasteiger charge is -2.03. The van der Waals surface area contributed by atoms with Gasteiger partial charge in [0.2, 0.25) is 0 Å². The first-order valence-electron chi connectivity index (χ1n) is 3.27. The SMILES string of the molecule is CNC(=S)NCc1ccn[nH]1. The summed E-state index contributed by atoms with van der Waals surface area (Å²) in [6, 6.07) is 1.89. The molecule has 0 fully saturated rings. The molecule has 0 bridgehead atoms. The number of aromatic amines is 1. The van der Waals surface area contributed by atoms with E-state index in [1.807, 2.05) is 6.07 Å². The second-order valence-corrected chi connectivity index (χ2v) is 2.42. The number of nitrogens with zero attached hydrogens (tertiary/aromatic N) is 1. The molecule has 0 saturated carbocycles. The number of rotatable bonds is 2. The summed E-state index contributed by atoms with van der Waals surface area (Å²) in [5.41, 5.74) is 1.02. The van der Waals surface area contributed by atoms with E-state index >= 15 is 0 Å². The number of nitrogens with one attached hydrogen (secondary N) is 3. The van der Waals surface area contributed by atoms with Crippen LogP contribution in [0.5, 0.6) is 0 Å². The maximum absolute atomic E-state index is 4.87. The number of H-pyrrole nitrogens is 1. The number of hydrogen-bond acceptors (Lipinski definition) is 2. The Hall–Kier alpha value is -1.10. The van der Waals surface area contributed by atoms with Gasteiger partial charge in [0.05, 0.1) is 12.2 Å². The van der Waals surface area contributed by atoms with Gasteiger partial charge in [-0.2, -0.15) is 5.10 Å². The van der Waals surface area contributed by atoms with Crippen molar-refractivity contribution in [1.29, 1.82) is 0 Å². The van der Waals surface area contributed by atoms with Crippen LogP contribution < -0.4 is 10.6 Å². The molecule has 0 radical (unpaired) electrons. The monoisotopic (exact) mass is 170 g/mol. The Balaban J connectivity index is 2.29. The normalized spacial score (nSPS) is 9.18. The smallest absolute Gasteiger partial charge is 0.166 e. The second-order valence-electron chi connectivity index (χ2n) is 2.01. The van der Waals surface area contributed by atoms with Gasteiger partial charge in [0.1, 0.15) is 0 Å². The summed E-state index contributed by atoms with van der Waals surface area (Å²) in [4.78, 5) is 0. The van der Waals surface area contributed by atoms with Gasteiger partial charge in [0.15, 0.2) is 5.11 Å². The lowest BCUT2D eigenvalue weighted by molar-refractivity contribution is 0.844. The van der Waals surface area contributed by atoms with Gasteiger partial charge in [0, 0.05) is 13.2 Å². The molecule has 0 aromatic carbocycles. The van der Waals surface area contributed by atoms with E-state index < -0.39 is 0 Å². The van der Waals surface area contributed by atoms with Crippen molar-refractivity contribution < 1.29 is 0 Å². The molecule has 0 unspecified atom stereocenters. The quantitative estimate of drug-likeness (QED) is 0.547. The molecule has 11 heavy (non-hydrogen) atoms. The van der Waals surface area contributed by atoms with Crippen LogP contribution in [0.25, 0.3) is 0 Å². The third-order valence-electron chi connectivity index (χ3n) is 1.22. The summed E-state index contributed by atoms with van der Waals surface area (Å²) in [6.45, 7) is 0.680. The molecule has 0 amide bonds. The highest BCUT2D eigenvalue weighted by Crippen LogP contribution is 1.88. The van der Waals surface area contributed by atoms with E-state index in [9.17, 15) is 0 Å². The third kappa shape index (κ3) is 2.55. The molecule has 0 spiro atoms. The minimum atomic E-state index is 0.639. The van der Waals surface area contributed by atoms with Gasteiger partial charge in [-0.25, -0.2) is 0 Å². The first-order valence-corrected chi connectivity index (χ1v) is 3.67. The second kappa shape index (κ2) is 3.92. The lowest BCUT2D eigenvalue weighted by atomic mass is 10.4. The molecule has 4 nitrogen and oxygen atoms in total. The Morgan fingerprint density at radius 2 is 2.64 bits per heavy atom. The molecule has 1 aromatic rings. The summed E-state index contributed by atoms with van der Waals surface area (Å²) >= 11 is 4.87. The first-order chi connectivity index (χ1) is 5.33. The lowest BCUT2D eigenvalue weighted by Crippen LogP contribution is -2.31. The standard InChI is InChI=1S/C6H10N4S/c1-7-6(11)8-4-5-2-3-9-10-5/h2-3H,4H2,1H3,(H,9,10)(H2,7,8,11). The summed E-state index contributed by atoms with van der Waals surface area (Å²) in [5.74, 6) is 0. The third-order valence-corrected chi connectivity index (χ3v) is 1.57. The highest BCUT2D eigenvalue weighted by Gasteiger charge is 1.93. The zero-order chi connectivity index (χ0) is 8.10. The first kappa shape index (κ1) is 8.00. The maximum Gasteiger partial charge on any atom is 0.166 e. The average molecular weight is 170 g/mol. The maximum atomic E-state index is 4.87. The highest BCUT2D eigenvalue weighted by molar-refractivity contribution is 7.80. The van der Waals surface area contributed by atoms with E-state index in [-0.39, 0.29) is 0 Å². The molecular formula is C6H10N4S. The zero-order valence-electron chi connectivity index (χ0n) is 6.22. The summed E-state index contributed by atoms with van der Waals surface area (Å²) in [7, 11) is 1.78. The van der Waals surface area contributed by atoms with Gasteiger partial charge >= 0.3 is 0 Å². The molecule has 0 atom stereocenters. The van der Waals surface area contributed by atoms with Crippen LogP contribution in [0.4, 0.5) is 0 Å². The molecule has 1 aromatic heterocycles. The topological polar surface area (TPSA) is 52.7 Å². The van der Waals surface area contributed by atoms with Crippen molar-refractivity contribution in [3.63, 3.8) is 0 Å². The van der Waals surface area contributed by atoms with Crippen LogP contribution in [0.1, 0.15) is 5.69 Å². The van der Waals surface area contributed by atoms with Crippen molar-refractivity contribution in [2.45, 2.75) is 6.54 Å². The Labute approximate surface area is 70.4 Å². The average Bonchev–Trinajstić information content (AvgIpc) is 2.52. The highest BCUT2D eigenvalue weighted by atomic mass is 32.1. The van der Waals surface area contributed by atoms with Gasteiger partial charge in [-0.15, -0.1) is 0 Å². The Kier molecular flexibility index (Phi) is 2.85. The van der Waals surface area contributed by atoms with Crippen LogP contribution in [-0.4, -0.2) is 22.4 Å². The number of thiocarbonyl (C=S) groups is 1. The van der Waals surface area contributed by atoms with E-state index in [2.05, 4.69) is 20.8 Å². The molecule has 0 aliphatic carbocycles. The Bertz CT molecular complexity index is 218. The number of hydrogen-bond donors (Lipinski definition) is 3. The predicted octanol–water partition coefficient (Wildman–Crippen LogP) is 0.00360. The minimum Gasteiger partial charge on any atom is -0.366 e. The van der Waals surface area contributed by atoms with Crippen LogP contribution in [0.3, 0.4) is 0 Å². The van der Waals surface area contributed by atoms with Crippen LogP contribution in [-0.2, 0) is 6.54 Å². The fraction of sp³-hybridized carbons (Fsp3) is 0.333. The van der Waals surface area contributed by atoms with E-state index in [0.29, 0.717) is 11.7 Å². The molecular weight excluding hydrogens is 160 g/mol. The summed E-state index contributed by atoms with van der Waals surface area (Å²) < 4.78 is 0. The molecule has 1 rings (SSSR count). The largest absolute Gasteiger partial charge is 0.366 e. The van der Waals surface area contributed by atoms with E-state index in [0.717, 1.165) is 5.69 Å². The minimum absolute atomic E-state index is 0.639. The molecule has 0 saturated heterocycles. The van der Waals surface area contributed by atoms with Crippen LogP contribution in [0.2, 0.25) is 0 Å². The molecule has 1 heterocycles. The zero-order valence-corrected chi connectivity index (χ0v) is 7.03. The molecule has 5 heteroatoms. The summed E-state index contributed by atoms with van der Waals surface area (Å²) in [5, 5.41) is 13.0. The van der Waals surface area contributed by atoms with E-state index in [1.54, 1.807) is 13.2 Å². The molecule has 60 valence electrons. The molecule has 3 N–H and O–H groups in total. The van der Waals surface area contributed by atoms with Gasteiger partial charge in [-0.1, -0.05) is 0 Å². The van der Waals surface area contributed by atoms with Gasteiger partial charge < -0.3 is 10.6 Å². The van der Waals surface area contributed by atoms with Crippen molar-refractivity contribution in [2.75, 3.05) is 7.05 Å². The number of aromatic nitrogens is 2. The summed E-state index contributed by atoms with van der Waals surface area (Å²) in [6.07, 6.45) is 1.71. The fourth-order valence-electron chi connectivity index (χ4n) is 0.647.